The van der Waals surface area contributed by atoms with Crippen molar-refractivity contribution in [3.63, 3.8) is 0 Å². The molecule has 0 bridgehead atoms. The molecule has 1 saturated carbocycles. The number of nitrogens with zero attached hydrogens (tertiary/aromatic N) is 3. The van der Waals surface area contributed by atoms with Crippen LogP contribution >= 0.6 is 0 Å². The summed E-state index contributed by atoms with van der Waals surface area (Å²) in [6, 6.07) is 0.212. The lowest BCUT2D eigenvalue weighted by molar-refractivity contribution is 0.0706. The summed E-state index contributed by atoms with van der Waals surface area (Å²) >= 11 is 0. The van der Waals surface area contributed by atoms with Crippen LogP contribution < -0.4 is 5.73 Å². The van der Waals surface area contributed by atoms with E-state index in [2.05, 4.69) is 10.3 Å². The first-order valence-corrected chi connectivity index (χ1v) is 5.52. The van der Waals surface area contributed by atoms with E-state index in [1.165, 1.54) is 0 Å². The summed E-state index contributed by atoms with van der Waals surface area (Å²) in [5.41, 5.74) is 5.30. The van der Waals surface area contributed by atoms with Gasteiger partial charge in [-0.3, -0.25) is 4.79 Å². The molecule has 0 aromatic carbocycles. The van der Waals surface area contributed by atoms with Crippen molar-refractivity contribution in [2.75, 3.05) is 0 Å². The number of nitrogens with two attached hydrogens (primary N) is 1. The van der Waals surface area contributed by atoms with Crippen molar-refractivity contribution in [2.45, 2.75) is 37.8 Å². The fourth-order valence-corrected chi connectivity index (χ4v) is 2.11. The lowest BCUT2D eigenvalue weighted by Crippen LogP contribution is -2.28. The smallest absolute Gasteiger partial charge is 0.404 e. The van der Waals surface area contributed by atoms with E-state index in [0.717, 1.165) is 25.7 Å². The summed E-state index contributed by atoms with van der Waals surface area (Å²) < 4.78 is 6.64. The highest BCUT2D eigenvalue weighted by molar-refractivity contribution is 5.70. The SMILES string of the molecule is NC(=O)O[C@H]1CC[C@H](n2cc(C=O)nn2)CC1. The zero-order chi connectivity index (χ0) is 12.3. The van der Waals surface area contributed by atoms with Gasteiger partial charge in [-0.15, -0.1) is 5.10 Å². The number of amides is 1. The van der Waals surface area contributed by atoms with Crippen molar-refractivity contribution >= 4 is 12.4 Å². The normalized spacial score (nSPS) is 24.2. The monoisotopic (exact) mass is 238 g/mol. The number of carbonyl (C=O) groups excluding carboxylic acids is 2. The van der Waals surface area contributed by atoms with Crippen molar-refractivity contribution in [3.8, 4) is 0 Å². The van der Waals surface area contributed by atoms with Gasteiger partial charge in [0.1, 0.15) is 11.8 Å². The average molecular weight is 238 g/mol. The number of hydrogen-bond acceptors (Lipinski definition) is 5. The molecule has 92 valence electrons. The van der Waals surface area contributed by atoms with Crippen LogP contribution in [-0.4, -0.2) is 33.5 Å². The third kappa shape index (κ3) is 2.80. The highest BCUT2D eigenvalue weighted by atomic mass is 16.6. The zero-order valence-electron chi connectivity index (χ0n) is 9.28. The first-order valence-electron chi connectivity index (χ1n) is 5.52. The summed E-state index contributed by atoms with van der Waals surface area (Å²) in [5, 5.41) is 7.62. The van der Waals surface area contributed by atoms with Crippen LogP contribution in [0.3, 0.4) is 0 Å². The Morgan fingerprint density at radius 1 is 1.47 bits per heavy atom. The van der Waals surface area contributed by atoms with Crippen LogP contribution in [0.4, 0.5) is 4.79 Å². The Hall–Kier alpha value is -1.92. The van der Waals surface area contributed by atoms with Crippen molar-refractivity contribution in [3.05, 3.63) is 11.9 Å². The molecule has 0 atom stereocenters. The second-order valence-corrected chi connectivity index (χ2v) is 4.11. The molecule has 1 amide bonds. The van der Waals surface area contributed by atoms with Gasteiger partial charge in [0.15, 0.2) is 6.29 Å². The summed E-state index contributed by atoms with van der Waals surface area (Å²) in [4.78, 5) is 21.1. The molecular formula is C10H14N4O3. The molecule has 1 fully saturated rings. The molecule has 2 rings (SSSR count). The fraction of sp³-hybridized carbons (Fsp3) is 0.600. The minimum atomic E-state index is -0.725. The lowest BCUT2D eigenvalue weighted by atomic mass is 9.93. The molecular weight excluding hydrogens is 224 g/mol. The molecule has 17 heavy (non-hydrogen) atoms. The predicted molar refractivity (Wildman–Crippen MR) is 57.4 cm³/mol. The first kappa shape index (κ1) is 11.6. The molecule has 1 aromatic heterocycles. The molecule has 0 radical (unpaired) electrons. The van der Waals surface area contributed by atoms with Crippen molar-refractivity contribution in [1.29, 1.82) is 0 Å². The molecule has 7 nitrogen and oxygen atoms in total. The minimum absolute atomic E-state index is 0.0992. The largest absolute Gasteiger partial charge is 0.446 e. The van der Waals surface area contributed by atoms with Crippen molar-refractivity contribution in [1.82, 2.24) is 15.0 Å². The number of aromatic nitrogens is 3. The standard InChI is InChI=1S/C10H14N4O3/c11-10(16)17-9-3-1-8(2-4-9)14-5-7(6-15)12-13-14/h5-6,8-9H,1-4H2,(H2,11,16)/t8-,9-. The number of carbonyl (C=O) groups is 2. The lowest BCUT2D eigenvalue weighted by Gasteiger charge is -2.27. The van der Waals surface area contributed by atoms with Gasteiger partial charge in [0.05, 0.1) is 12.2 Å². The fourth-order valence-electron chi connectivity index (χ4n) is 2.11. The van der Waals surface area contributed by atoms with Crippen LogP contribution in [0.2, 0.25) is 0 Å². The Labute approximate surface area is 97.9 Å². The van der Waals surface area contributed by atoms with Crippen LogP contribution in [0, 0.1) is 0 Å². The number of ether oxygens (including phenoxy) is 1. The third-order valence-corrected chi connectivity index (χ3v) is 2.95. The van der Waals surface area contributed by atoms with Gasteiger partial charge in [0.25, 0.3) is 0 Å². The molecule has 0 unspecified atom stereocenters. The Balaban J connectivity index is 1.90. The number of hydrogen-bond donors (Lipinski definition) is 1. The highest BCUT2D eigenvalue weighted by Crippen LogP contribution is 2.29. The third-order valence-electron chi connectivity index (χ3n) is 2.95. The van der Waals surface area contributed by atoms with Gasteiger partial charge in [0.2, 0.25) is 0 Å². The molecule has 1 aliphatic carbocycles. The van der Waals surface area contributed by atoms with E-state index in [1.807, 2.05) is 0 Å². The van der Waals surface area contributed by atoms with Crippen molar-refractivity contribution < 1.29 is 14.3 Å². The molecule has 1 heterocycles. The molecule has 0 aliphatic heterocycles. The molecule has 0 spiro atoms. The maximum Gasteiger partial charge on any atom is 0.404 e. The molecule has 2 N–H and O–H groups in total. The number of rotatable bonds is 3. The van der Waals surface area contributed by atoms with Gasteiger partial charge in [-0.05, 0) is 25.7 Å². The second kappa shape index (κ2) is 4.94. The van der Waals surface area contributed by atoms with Crippen LogP contribution in [-0.2, 0) is 4.74 Å². The number of aldehydes is 1. The van der Waals surface area contributed by atoms with E-state index >= 15 is 0 Å². The summed E-state index contributed by atoms with van der Waals surface area (Å²) in [5.74, 6) is 0. The van der Waals surface area contributed by atoms with Gasteiger partial charge >= 0.3 is 6.09 Å². The number of primary amides is 1. The van der Waals surface area contributed by atoms with E-state index in [9.17, 15) is 9.59 Å². The maximum absolute atomic E-state index is 10.6. The second-order valence-electron chi connectivity index (χ2n) is 4.11. The van der Waals surface area contributed by atoms with E-state index in [4.69, 9.17) is 10.5 Å². The average Bonchev–Trinajstić information content (AvgIpc) is 2.78. The van der Waals surface area contributed by atoms with E-state index in [0.29, 0.717) is 12.0 Å². The summed E-state index contributed by atoms with van der Waals surface area (Å²) in [6.07, 6.45) is 4.65. The topological polar surface area (TPSA) is 100 Å². The molecule has 0 saturated heterocycles. The van der Waals surface area contributed by atoms with Crippen LogP contribution in [0.15, 0.2) is 6.20 Å². The molecule has 1 aromatic rings. The summed E-state index contributed by atoms with van der Waals surface area (Å²) in [7, 11) is 0. The molecule has 7 heteroatoms. The van der Waals surface area contributed by atoms with Crippen LogP contribution in [0.5, 0.6) is 0 Å². The highest BCUT2D eigenvalue weighted by Gasteiger charge is 2.25. The van der Waals surface area contributed by atoms with E-state index in [-0.39, 0.29) is 12.1 Å². The zero-order valence-corrected chi connectivity index (χ0v) is 9.28. The van der Waals surface area contributed by atoms with E-state index in [1.54, 1.807) is 10.9 Å². The Morgan fingerprint density at radius 2 is 2.18 bits per heavy atom. The molecule has 1 aliphatic rings. The van der Waals surface area contributed by atoms with Gasteiger partial charge in [-0.25, -0.2) is 9.48 Å². The van der Waals surface area contributed by atoms with Gasteiger partial charge in [0, 0.05) is 0 Å². The maximum atomic E-state index is 10.6. The Morgan fingerprint density at radius 3 is 2.71 bits per heavy atom. The van der Waals surface area contributed by atoms with E-state index < -0.39 is 6.09 Å². The van der Waals surface area contributed by atoms with Crippen LogP contribution in [0.1, 0.15) is 42.2 Å². The Kier molecular flexibility index (Phi) is 3.36. The quantitative estimate of drug-likeness (QED) is 0.780. The summed E-state index contributed by atoms with van der Waals surface area (Å²) in [6.45, 7) is 0. The minimum Gasteiger partial charge on any atom is -0.446 e. The first-order chi connectivity index (χ1) is 8.19. The van der Waals surface area contributed by atoms with Gasteiger partial charge in [-0.2, -0.15) is 0 Å². The van der Waals surface area contributed by atoms with Crippen molar-refractivity contribution in [2.24, 2.45) is 5.73 Å². The predicted octanol–water partition coefficient (Wildman–Crippen LogP) is 0.670. The van der Waals surface area contributed by atoms with Crippen LogP contribution in [0.25, 0.3) is 0 Å². The Bertz CT molecular complexity index is 409. The van der Waals surface area contributed by atoms with Gasteiger partial charge in [-0.1, -0.05) is 5.21 Å². The van der Waals surface area contributed by atoms with Gasteiger partial charge < -0.3 is 10.5 Å².